The van der Waals surface area contributed by atoms with Gasteiger partial charge < -0.3 is 19.8 Å². The molecule has 0 radical (unpaired) electrons. The lowest BCUT2D eigenvalue weighted by Crippen LogP contribution is -2.27. The minimum absolute atomic E-state index is 0.175. The zero-order valence-electron chi connectivity index (χ0n) is 12.5. The SMILES string of the molecule is COCCNC(=O)c1cc(C(=O)c2cccc(OC)c2)c[nH]1. The normalized spacial score (nSPS) is 10.3. The Balaban J connectivity index is 2.10. The summed E-state index contributed by atoms with van der Waals surface area (Å²) in [6.07, 6.45) is 1.52. The number of carbonyl (C=O) groups is 2. The second kappa shape index (κ2) is 7.42. The number of ketones is 1. The lowest BCUT2D eigenvalue weighted by atomic mass is 10.1. The van der Waals surface area contributed by atoms with E-state index in [9.17, 15) is 9.59 Å². The Kier molecular flexibility index (Phi) is 5.32. The minimum Gasteiger partial charge on any atom is -0.497 e. The van der Waals surface area contributed by atoms with Crippen molar-refractivity contribution >= 4 is 11.7 Å². The zero-order valence-corrected chi connectivity index (χ0v) is 12.5. The van der Waals surface area contributed by atoms with Crippen LogP contribution < -0.4 is 10.1 Å². The molecule has 6 nitrogen and oxygen atoms in total. The Bertz CT molecular complexity index is 664. The predicted molar refractivity (Wildman–Crippen MR) is 81.4 cm³/mol. The molecule has 0 aliphatic rings. The third-order valence-electron chi connectivity index (χ3n) is 3.11. The fourth-order valence-electron chi connectivity index (χ4n) is 1.95. The van der Waals surface area contributed by atoms with Crippen molar-refractivity contribution in [3.8, 4) is 5.75 Å². The highest BCUT2D eigenvalue weighted by Crippen LogP contribution is 2.17. The molecule has 0 aliphatic carbocycles. The lowest BCUT2D eigenvalue weighted by Gasteiger charge is -2.02. The van der Waals surface area contributed by atoms with E-state index >= 15 is 0 Å². The molecule has 1 heterocycles. The van der Waals surface area contributed by atoms with Gasteiger partial charge in [0.1, 0.15) is 11.4 Å². The molecular formula is C16H18N2O4. The predicted octanol–water partition coefficient (Wildman–Crippen LogP) is 1.63. The highest BCUT2D eigenvalue weighted by molar-refractivity contribution is 6.10. The number of nitrogens with one attached hydrogen (secondary N) is 2. The lowest BCUT2D eigenvalue weighted by molar-refractivity contribution is 0.0932. The highest BCUT2D eigenvalue weighted by atomic mass is 16.5. The van der Waals surface area contributed by atoms with E-state index in [1.807, 2.05) is 0 Å². The van der Waals surface area contributed by atoms with Gasteiger partial charge in [-0.15, -0.1) is 0 Å². The molecule has 2 rings (SSSR count). The third-order valence-corrected chi connectivity index (χ3v) is 3.11. The van der Waals surface area contributed by atoms with Crippen molar-refractivity contribution in [3.63, 3.8) is 0 Å². The van der Waals surface area contributed by atoms with Crippen LogP contribution in [-0.4, -0.2) is 44.0 Å². The molecule has 6 heteroatoms. The summed E-state index contributed by atoms with van der Waals surface area (Å²) < 4.78 is 9.96. The first-order chi connectivity index (χ1) is 10.7. The molecule has 0 bridgehead atoms. The van der Waals surface area contributed by atoms with E-state index in [0.717, 1.165) is 0 Å². The Morgan fingerprint density at radius 2 is 2.00 bits per heavy atom. The van der Waals surface area contributed by atoms with Crippen molar-refractivity contribution in [1.82, 2.24) is 10.3 Å². The monoisotopic (exact) mass is 302 g/mol. The van der Waals surface area contributed by atoms with Crippen LogP contribution in [0, 0.1) is 0 Å². The number of hydrogen-bond donors (Lipinski definition) is 2. The van der Waals surface area contributed by atoms with Crippen LogP contribution in [0.15, 0.2) is 36.5 Å². The summed E-state index contributed by atoms with van der Waals surface area (Å²) in [5.74, 6) is 0.159. The smallest absolute Gasteiger partial charge is 0.267 e. The van der Waals surface area contributed by atoms with Gasteiger partial charge in [0.05, 0.1) is 13.7 Å². The number of carbonyl (C=O) groups excluding carboxylic acids is 2. The molecule has 2 N–H and O–H groups in total. The van der Waals surface area contributed by atoms with Gasteiger partial charge >= 0.3 is 0 Å². The fourth-order valence-corrected chi connectivity index (χ4v) is 1.95. The first-order valence-electron chi connectivity index (χ1n) is 6.80. The van der Waals surface area contributed by atoms with Crippen molar-refractivity contribution in [2.24, 2.45) is 0 Å². The molecule has 22 heavy (non-hydrogen) atoms. The topological polar surface area (TPSA) is 80.4 Å². The van der Waals surface area contributed by atoms with Gasteiger partial charge in [-0.3, -0.25) is 9.59 Å². The van der Waals surface area contributed by atoms with Crippen LogP contribution in [0.2, 0.25) is 0 Å². The van der Waals surface area contributed by atoms with Crippen molar-refractivity contribution in [2.75, 3.05) is 27.4 Å². The number of hydrogen-bond acceptors (Lipinski definition) is 4. The van der Waals surface area contributed by atoms with E-state index in [1.165, 1.54) is 12.3 Å². The summed E-state index contributed by atoms with van der Waals surface area (Å²) in [7, 11) is 3.11. The summed E-state index contributed by atoms with van der Waals surface area (Å²) >= 11 is 0. The molecule has 1 aromatic heterocycles. The second-order valence-corrected chi connectivity index (χ2v) is 4.61. The summed E-state index contributed by atoms with van der Waals surface area (Å²) in [4.78, 5) is 27.1. The molecule has 2 aromatic rings. The van der Waals surface area contributed by atoms with E-state index in [1.54, 1.807) is 38.5 Å². The van der Waals surface area contributed by atoms with Gasteiger partial charge in [0, 0.05) is 31.0 Å². The quantitative estimate of drug-likeness (QED) is 0.602. The van der Waals surface area contributed by atoms with Gasteiger partial charge in [-0.2, -0.15) is 0 Å². The molecule has 0 fully saturated rings. The number of aromatic amines is 1. The molecule has 0 atom stereocenters. The number of aromatic nitrogens is 1. The molecule has 1 aromatic carbocycles. The number of benzene rings is 1. The van der Waals surface area contributed by atoms with Crippen LogP contribution in [0.5, 0.6) is 5.75 Å². The first-order valence-corrected chi connectivity index (χ1v) is 6.80. The third kappa shape index (κ3) is 3.73. The van der Waals surface area contributed by atoms with E-state index in [-0.39, 0.29) is 11.7 Å². The van der Waals surface area contributed by atoms with Crippen LogP contribution in [0.25, 0.3) is 0 Å². The number of H-pyrrole nitrogens is 1. The maximum absolute atomic E-state index is 12.4. The minimum atomic E-state index is -0.276. The van der Waals surface area contributed by atoms with Gasteiger partial charge in [0.25, 0.3) is 5.91 Å². The zero-order chi connectivity index (χ0) is 15.9. The summed E-state index contributed by atoms with van der Waals surface area (Å²) in [5.41, 5.74) is 1.26. The van der Waals surface area contributed by atoms with Gasteiger partial charge in [-0.05, 0) is 18.2 Å². The van der Waals surface area contributed by atoms with E-state index in [0.29, 0.717) is 35.7 Å². The van der Waals surface area contributed by atoms with Crippen LogP contribution in [0.1, 0.15) is 26.4 Å². The number of rotatable bonds is 7. The van der Waals surface area contributed by atoms with Crippen molar-refractivity contribution in [2.45, 2.75) is 0 Å². The van der Waals surface area contributed by atoms with Gasteiger partial charge in [0.15, 0.2) is 5.78 Å². The van der Waals surface area contributed by atoms with E-state index in [2.05, 4.69) is 10.3 Å². The molecule has 1 amide bonds. The maximum Gasteiger partial charge on any atom is 0.267 e. The van der Waals surface area contributed by atoms with Crippen LogP contribution >= 0.6 is 0 Å². The summed E-state index contributed by atoms with van der Waals surface area (Å²) in [6.45, 7) is 0.843. The Morgan fingerprint density at radius 3 is 2.73 bits per heavy atom. The summed E-state index contributed by atoms with van der Waals surface area (Å²) in [6, 6.07) is 8.41. The first kappa shape index (κ1) is 15.8. The summed E-state index contributed by atoms with van der Waals surface area (Å²) in [5, 5.41) is 2.68. The van der Waals surface area contributed by atoms with Gasteiger partial charge in [-0.25, -0.2) is 0 Å². The molecule has 0 saturated heterocycles. The van der Waals surface area contributed by atoms with E-state index < -0.39 is 0 Å². The Morgan fingerprint density at radius 1 is 1.18 bits per heavy atom. The van der Waals surface area contributed by atoms with Crippen molar-refractivity contribution < 1.29 is 19.1 Å². The van der Waals surface area contributed by atoms with Crippen LogP contribution in [-0.2, 0) is 4.74 Å². The number of methoxy groups -OCH3 is 2. The van der Waals surface area contributed by atoms with Crippen molar-refractivity contribution in [1.29, 1.82) is 0 Å². The van der Waals surface area contributed by atoms with E-state index in [4.69, 9.17) is 9.47 Å². The number of ether oxygens (including phenoxy) is 2. The second-order valence-electron chi connectivity index (χ2n) is 4.61. The molecule has 0 aliphatic heterocycles. The Hall–Kier alpha value is -2.60. The molecule has 0 unspecified atom stereocenters. The average molecular weight is 302 g/mol. The molecule has 0 spiro atoms. The highest BCUT2D eigenvalue weighted by Gasteiger charge is 2.14. The standard InChI is InChI=1S/C16H18N2O4/c1-21-7-6-17-16(20)14-9-12(10-18-14)15(19)11-4-3-5-13(8-11)22-2/h3-5,8-10,18H,6-7H2,1-2H3,(H,17,20). The Labute approximate surface area is 128 Å². The number of amides is 1. The van der Waals surface area contributed by atoms with Crippen LogP contribution in [0.3, 0.4) is 0 Å². The molecule has 116 valence electrons. The van der Waals surface area contributed by atoms with Crippen LogP contribution in [0.4, 0.5) is 0 Å². The maximum atomic E-state index is 12.4. The van der Waals surface area contributed by atoms with Gasteiger partial charge in [-0.1, -0.05) is 12.1 Å². The fraction of sp³-hybridized carbons (Fsp3) is 0.250. The molecule has 0 saturated carbocycles. The average Bonchev–Trinajstić information content (AvgIpc) is 3.04. The molecular weight excluding hydrogens is 284 g/mol. The van der Waals surface area contributed by atoms with Gasteiger partial charge in [0.2, 0.25) is 0 Å². The van der Waals surface area contributed by atoms with Crippen molar-refractivity contribution in [3.05, 3.63) is 53.3 Å². The largest absolute Gasteiger partial charge is 0.497 e.